The minimum atomic E-state index is -4.03. The third-order valence-corrected chi connectivity index (χ3v) is 5.49. The van der Waals surface area contributed by atoms with E-state index < -0.39 is 37.3 Å². The summed E-state index contributed by atoms with van der Waals surface area (Å²) in [5.74, 6) is -1.19. The minimum absolute atomic E-state index is 0.298. The first-order valence-electron chi connectivity index (χ1n) is 5.36. The third-order valence-electron chi connectivity index (χ3n) is 2.61. The van der Waals surface area contributed by atoms with Crippen LogP contribution in [0.2, 0.25) is 0 Å². The maximum Gasteiger partial charge on any atom is 0.241 e. The van der Waals surface area contributed by atoms with Crippen LogP contribution in [0.15, 0.2) is 34.6 Å². The minimum Gasteiger partial charge on any atom is -0.224 e. The number of nitrogens with one attached hydrogen (secondary N) is 1. The quantitative estimate of drug-likeness (QED) is 0.863. The first-order chi connectivity index (χ1) is 9.23. The van der Waals surface area contributed by atoms with Crippen molar-refractivity contribution in [3.63, 3.8) is 0 Å². The Kier molecular flexibility index (Phi) is 3.64. The van der Waals surface area contributed by atoms with Crippen LogP contribution in [-0.4, -0.2) is 28.6 Å². The van der Waals surface area contributed by atoms with Gasteiger partial charge in [0.25, 0.3) is 0 Å². The van der Waals surface area contributed by atoms with Crippen LogP contribution in [0.5, 0.6) is 0 Å². The molecule has 1 heterocycles. The second-order valence-corrected chi connectivity index (χ2v) is 7.78. The zero-order valence-electron chi connectivity index (χ0n) is 9.95. The van der Waals surface area contributed by atoms with E-state index in [2.05, 4.69) is 4.72 Å². The number of nitrogens with zero attached hydrogens (tertiary/aromatic N) is 1. The summed E-state index contributed by atoms with van der Waals surface area (Å²) in [5, 5.41) is 9.60. The van der Waals surface area contributed by atoms with Gasteiger partial charge in [-0.1, -0.05) is 6.08 Å². The Balaban J connectivity index is 2.28. The smallest absolute Gasteiger partial charge is 0.224 e. The summed E-state index contributed by atoms with van der Waals surface area (Å²) in [6.45, 7) is 0. The lowest BCUT2D eigenvalue weighted by molar-refractivity contribution is 0.574. The van der Waals surface area contributed by atoms with Crippen molar-refractivity contribution in [1.29, 1.82) is 5.26 Å². The maximum absolute atomic E-state index is 13.1. The molecule has 1 aromatic rings. The van der Waals surface area contributed by atoms with Gasteiger partial charge in [0.05, 0.1) is 22.3 Å². The van der Waals surface area contributed by atoms with Crippen LogP contribution in [0.1, 0.15) is 5.56 Å². The molecule has 0 radical (unpaired) electrons. The van der Waals surface area contributed by atoms with E-state index in [1.54, 1.807) is 0 Å². The van der Waals surface area contributed by atoms with Gasteiger partial charge in [0.1, 0.15) is 11.9 Å². The molecule has 9 heteroatoms. The summed E-state index contributed by atoms with van der Waals surface area (Å²) in [7, 11) is -7.42. The lowest BCUT2D eigenvalue weighted by Crippen LogP contribution is -2.35. The number of hydrogen-bond acceptors (Lipinski definition) is 5. The fourth-order valence-corrected chi connectivity index (χ4v) is 4.23. The average molecular weight is 316 g/mol. The maximum atomic E-state index is 13.1. The van der Waals surface area contributed by atoms with E-state index in [0.717, 1.165) is 23.6 Å². The molecular weight excluding hydrogens is 307 g/mol. The van der Waals surface area contributed by atoms with Crippen LogP contribution < -0.4 is 4.72 Å². The fourth-order valence-electron chi connectivity index (χ4n) is 1.67. The zero-order chi connectivity index (χ0) is 15.0. The summed E-state index contributed by atoms with van der Waals surface area (Å²) in [6.07, 6.45) is 1.22. The molecule has 1 unspecified atom stereocenters. The van der Waals surface area contributed by atoms with Gasteiger partial charge in [-0.3, -0.25) is 0 Å². The van der Waals surface area contributed by atoms with Crippen LogP contribution in [0.25, 0.3) is 0 Å². The molecule has 106 valence electrons. The predicted molar refractivity (Wildman–Crippen MR) is 68.2 cm³/mol. The lowest BCUT2D eigenvalue weighted by Gasteiger charge is -2.11. The molecule has 1 aliphatic heterocycles. The highest BCUT2D eigenvalue weighted by Gasteiger charge is 2.27. The highest BCUT2D eigenvalue weighted by molar-refractivity contribution is 7.94. The largest absolute Gasteiger partial charge is 0.241 e. The van der Waals surface area contributed by atoms with Gasteiger partial charge in [0, 0.05) is 5.41 Å². The van der Waals surface area contributed by atoms with E-state index in [-0.39, 0.29) is 10.6 Å². The number of benzene rings is 1. The van der Waals surface area contributed by atoms with E-state index in [1.165, 1.54) is 12.1 Å². The molecule has 1 aliphatic rings. The Morgan fingerprint density at radius 3 is 2.65 bits per heavy atom. The van der Waals surface area contributed by atoms with Gasteiger partial charge in [-0.25, -0.2) is 25.9 Å². The standard InChI is InChI=1S/C11H9FN2O4S2/c12-11-2-1-10(5-8(11)6-13)20(17,18)14-9-3-4-19(15,16)7-9/h1-5,9,14H,7H2. The van der Waals surface area contributed by atoms with Crippen LogP contribution in [0.4, 0.5) is 4.39 Å². The highest BCUT2D eigenvalue weighted by atomic mass is 32.2. The van der Waals surface area contributed by atoms with Gasteiger partial charge in [0.2, 0.25) is 10.0 Å². The topological polar surface area (TPSA) is 104 Å². The number of hydrogen-bond donors (Lipinski definition) is 1. The molecule has 0 aliphatic carbocycles. The summed E-state index contributed by atoms with van der Waals surface area (Å²) in [4.78, 5) is -0.298. The van der Waals surface area contributed by atoms with Crippen LogP contribution in [0, 0.1) is 17.1 Å². The number of nitriles is 1. The SMILES string of the molecule is N#Cc1cc(S(=O)(=O)NC2C=CS(=O)(=O)C2)ccc1F. The first-order valence-corrected chi connectivity index (χ1v) is 8.56. The molecule has 2 rings (SSSR count). The summed E-state index contributed by atoms with van der Waals surface area (Å²) >= 11 is 0. The molecule has 0 aromatic heterocycles. The average Bonchev–Trinajstić information content (AvgIpc) is 2.68. The zero-order valence-corrected chi connectivity index (χ0v) is 11.6. The monoisotopic (exact) mass is 316 g/mol. The molecule has 20 heavy (non-hydrogen) atoms. The molecule has 0 saturated heterocycles. The van der Waals surface area contributed by atoms with Crippen LogP contribution in [-0.2, 0) is 19.9 Å². The van der Waals surface area contributed by atoms with Gasteiger partial charge >= 0.3 is 0 Å². The number of sulfonamides is 1. The lowest BCUT2D eigenvalue weighted by atomic mass is 10.2. The van der Waals surface area contributed by atoms with E-state index in [4.69, 9.17) is 5.26 Å². The molecule has 0 bridgehead atoms. The van der Waals surface area contributed by atoms with Crippen molar-refractivity contribution in [3.8, 4) is 6.07 Å². The second kappa shape index (κ2) is 4.97. The van der Waals surface area contributed by atoms with E-state index in [0.29, 0.717) is 0 Å². The normalized spacial score (nSPS) is 20.7. The van der Waals surface area contributed by atoms with E-state index in [9.17, 15) is 21.2 Å². The number of halogens is 1. The van der Waals surface area contributed by atoms with Crippen LogP contribution >= 0.6 is 0 Å². The molecule has 1 atom stereocenters. The fraction of sp³-hybridized carbons (Fsp3) is 0.182. The molecule has 0 saturated carbocycles. The Morgan fingerprint density at radius 1 is 1.40 bits per heavy atom. The Labute approximate surface area is 115 Å². The third kappa shape index (κ3) is 3.04. The predicted octanol–water partition coefficient (Wildman–Crippen LogP) is 0.286. The molecular formula is C11H9FN2O4S2. The van der Waals surface area contributed by atoms with E-state index in [1.807, 2.05) is 0 Å². The Hall–Kier alpha value is -1.76. The summed E-state index contributed by atoms with van der Waals surface area (Å²) in [5.41, 5.74) is -0.400. The van der Waals surface area contributed by atoms with Crippen molar-refractivity contribution in [1.82, 2.24) is 4.72 Å². The van der Waals surface area contributed by atoms with Gasteiger partial charge in [-0.05, 0) is 18.2 Å². The van der Waals surface area contributed by atoms with Crippen molar-refractivity contribution in [2.75, 3.05) is 5.75 Å². The summed E-state index contributed by atoms with van der Waals surface area (Å²) < 4.78 is 61.7. The van der Waals surface area contributed by atoms with Crippen molar-refractivity contribution < 1.29 is 21.2 Å². The molecule has 0 spiro atoms. The Morgan fingerprint density at radius 2 is 2.10 bits per heavy atom. The van der Waals surface area contributed by atoms with Crippen molar-refractivity contribution >= 4 is 19.9 Å². The second-order valence-electron chi connectivity index (χ2n) is 4.14. The number of sulfone groups is 1. The van der Waals surface area contributed by atoms with E-state index >= 15 is 0 Å². The van der Waals surface area contributed by atoms with Gasteiger partial charge in [0.15, 0.2) is 9.84 Å². The molecule has 0 amide bonds. The van der Waals surface area contributed by atoms with Crippen molar-refractivity contribution in [2.45, 2.75) is 10.9 Å². The molecule has 6 nitrogen and oxygen atoms in total. The van der Waals surface area contributed by atoms with Crippen molar-refractivity contribution in [2.24, 2.45) is 0 Å². The van der Waals surface area contributed by atoms with Crippen LogP contribution in [0.3, 0.4) is 0 Å². The van der Waals surface area contributed by atoms with Gasteiger partial charge < -0.3 is 0 Å². The highest BCUT2D eigenvalue weighted by Crippen LogP contribution is 2.16. The van der Waals surface area contributed by atoms with Crippen molar-refractivity contribution in [3.05, 3.63) is 41.1 Å². The van der Waals surface area contributed by atoms with Gasteiger partial charge in [-0.2, -0.15) is 5.26 Å². The summed E-state index contributed by atoms with van der Waals surface area (Å²) in [6, 6.07) is 3.43. The molecule has 1 N–H and O–H groups in total. The first kappa shape index (κ1) is 14.6. The Bertz CT molecular complexity index is 822. The van der Waals surface area contributed by atoms with Gasteiger partial charge in [-0.15, -0.1) is 0 Å². The molecule has 1 aromatic carbocycles. The molecule has 0 fully saturated rings. The number of rotatable bonds is 3.